The largest absolute Gasteiger partial charge is 0.390 e. The van der Waals surface area contributed by atoms with E-state index < -0.39 is 0 Å². The van der Waals surface area contributed by atoms with Gasteiger partial charge in [0.05, 0.1) is 0 Å². The summed E-state index contributed by atoms with van der Waals surface area (Å²) in [6.07, 6.45) is 0.898. The zero-order chi connectivity index (χ0) is 5.98. The van der Waals surface area contributed by atoms with Gasteiger partial charge in [0.2, 0.25) is 0 Å². The summed E-state index contributed by atoms with van der Waals surface area (Å²) < 4.78 is 0. The second-order valence-electron chi connectivity index (χ2n) is 1.55. The van der Waals surface area contributed by atoms with Crippen molar-refractivity contribution in [1.29, 1.82) is 0 Å². The van der Waals surface area contributed by atoms with Crippen LogP contribution in [0.3, 0.4) is 0 Å². The van der Waals surface area contributed by atoms with Crippen LogP contribution in [-0.2, 0) is 4.84 Å². The summed E-state index contributed by atoms with van der Waals surface area (Å²) in [6, 6.07) is 0. The van der Waals surface area contributed by atoms with Crippen molar-refractivity contribution in [2.24, 2.45) is 5.16 Å². The summed E-state index contributed by atoms with van der Waals surface area (Å²) in [5, 5.41) is 4.90. The van der Waals surface area contributed by atoms with Crippen molar-refractivity contribution in [1.82, 2.24) is 0 Å². The lowest BCUT2D eigenvalue weighted by atomic mass is 10.3. The van der Waals surface area contributed by atoms with Crippen LogP contribution in [0.25, 0.3) is 0 Å². The van der Waals surface area contributed by atoms with Gasteiger partial charge in [-0.15, -0.1) is 0 Å². The molecule has 2 nitrogen and oxygen atoms in total. The molecule has 0 aromatic carbocycles. The molecule has 0 saturated carbocycles. The molecule has 0 fully saturated rings. The standard InChI is InChI=1S/C4H5BrClNO/c5-2-3-1-4(6)7-8-3/h3H,1-2H2. The van der Waals surface area contributed by atoms with Gasteiger partial charge in [-0.2, -0.15) is 0 Å². The van der Waals surface area contributed by atoms with E-state index in [1.54, 1.807) is 0 Å². The average Bonchev–Trinajstić information content (AvgIpc) is 2.14. The van der Waals surface area contributed by atoms with Gasteiger partial charge >= 0.3 is 0 Å². The van der Waals surface area contributed by atoms with Gasteiger partial charge in [-0.25, -0.2) is 0 Å². The van der Waals surface area contributed by atoms with Gasteiger partial charge in [-0.3, -0.25) is 0 Å². The smallest absolute Gasteiger partial charge is 0.149 e. The Hall–Kier alpha value is 0.240. The Morgan fingerprint density at radius 2 is 2.75 bits per heavy atom. The normalized spacial score (nSPS) is 27.2. The Balaban J connectivity index is 2.32. The fourth-order valence-corrected chi connectivity index (χ4v) is 1.04. The highest BCUT2D eigenvalue weighted by molar-refractivity contribution is 9.09. The molecule has 1 atom stereocenters. The average molecular weight is 198 g/mol. The molecule has 0 spiro atoms. The van der Waals surface area contributed by atoms with E-state index in [0.717, 1.165) is 11.8 Å². The molecule has 0 aromatic heterocycles. The number of nitrogens with zero attached hydrogens (tertiary/aromatic N) is 1. The molecule has 1 heterocycles. The molecule has 0 saturated heterocycles. The molecule has 0 amide bonds. The van der Waals surface area contributed by atoms with Crippen molar-refractivity contribution in [2.75, 3.05) is 5.33 Å². The Labute approximate surface area is 61.0 Å². The van der Waals surface area contributed by atoms with E-state index >= 15 is 0 Å². The van der Waals surface area contributed by atoms with Crippen LogP contribution in [0, 0.1) is 0 Å². The third-order valence-electron chi connectivity index (χ3n) is 0.869. The van der Waals surface area contributed by atoms with Crippen LogP contribution < -0.4 is 0 Å². The minimum atomic E-state index is 0.155. The van der Waals surface area contributed by atoms with Gasteiger partial charge in [0.1, 0.15) is 11.3 Å². The van der Waals surface area contributed by atoms with E-state index in [1.807, 2.05) is 0 Å². The van der Waals surface area contributed by atoms with Crippen LogP contribution in [0.15, 0.2) is 5.16 Å². The number of alkyl halides is 1. The molecule has 1 aliphatic rings. The maximum atomic E-state index is 5.49. The lowest BCUT2D eigenvalue weighted by Gasteiger charge is -1.98. The first-order chi connectivity index (χ1) is 3.83. The van der Waals surface area contributed by atoms with Crippen LogP contribution >= 0.6 is 27.5 Å². The Kier molecular flexibility index (Phi) is 2.14. The van der Waals surface area contributed by atoms with E-state index in [1.165, 1.54) is 0 Å². The molecule has 0 aromatic rings. The predicted octanol–water partition coefficient (Wildman–Crippen LogP) is 1.72. The SMILES string of the molecule is ClC1=NOC(CBr)C1. The number of hydrogen-bond donors (Lipinski definition) is 0. The molecule has 1 rings (SSSR count). The second-order valence-corrected chi connectivity index (χ2v) is 2.64. The first-order valence-electron chi connectivity index (χ1n) is 2.27. The summed E-state index contributed by atoms with van der Waals surface area (Å²) in [5.41, 5.74) is 0. The van der Waals surface area contributed by atoms with Crippen LogP contribution in [0.5, 0.6) is 0 Å². The molecule has 1 unspecified atom stereocenters. The molecule has 0 aliphatic carbocycles. The van der Waals surface area contributed by atoms with Crippen molar-refractivity contribution >= 4 is 32.7 Å². The first-order valence-corrected chi connectivity index (χ1v) is 3.77. The molecular weight excluding hydrogens is 193 g/mol. The summed E-state index contributed by atoms with van der Waals surface area (Å²) in [7, 11) is 0. The van der Waals surface area contributed by atoms with E-state index in [9.17, 15) is 0 Å². The van der Waals surface area contributed by atoms with Gasteiger partial charge in [-0.05, 0) is 0 Å². The highest BCUT2D eigenvalue weighted by Gasteiger charge is 2.17. The zero-order valence-electron chi connectivity index (χ0n) is 4.10. The van der Waals surface area contributed by atoms with E-state index in [4.69, 9.17) is 16.4 Å². The molecule has 46 valence electrons. The van der Waals surface area contributed by atoms with Crippen molar-refractivity contribution < 1.29 is 4.84 Å². The number of halogens is 2. The molecule has 0 bridgehead atoms. The van der Waals surface area contributed by atoms with Gasteiger partial charge in [0.25, 0.3) is 0 Å². The van der Waals surface area contributed by atoms with E-state index in [0.29, 0.717) is 5.17 Å². The molecule has 8 heavy (non-hydrogen) atoms. The first kappa shape index (κ1) is 6.36. The maximum absolute atomic E-state index is 5.49. The maximum Gasteiger partial charge on any atom is 0.149 e. The summed E-state index contributed by atoms with van der Waals surface area (Å²) in [6.45, 7) is 0. The Morgan fingerprint density at radius 3 is 3.00 bits per heavy atom. The second kappa shape index (κ2) is 2.69. The van der Waals surface area contributed by atoms with E-state index in [2.05, 4.69) is 21.1 Å². The number of hydrogen-bond acceptors (Lipinski definition) is 2. The quantitative estimate of drug-likeness (QED) is 0.588. The van der Waals surface area contributed by atoms with Crippen molar-refractivity contribution in [3.63, 3.8) is 0 Å². The predicted molar refractivity (Wildman–Crippen MR) is 36.6 cm³/mol. The summed E-state index contributed by atoms with van der Waals surface area (Å²) in [4.78, 5) is 4.82. The minimum absolute atomic E-state index is 0.155. The van der Waals surface area contributed by atoms with Crippen LogP contribution in [0.4, 0.5) is 0 Å². The minimum Gasteiger partial charge on any atom is -0.390 e. The van der Waals surface area contributed by atoms with Crippen LogP contribution in [0.1, 0.15) is 6.42 Å². The lowest BCUT2D eigenvalue weighted by molar-refractivity contribution is 0.104. The zero-order valence-corrected chi connectivity index (χ0v) is 6.44. The van der Waals surface area contributed by atoms with Crippen molar-refractivity contribution in [3.8, 4) is 0 Å². The number of oxime groups is 1. The highest BCUT2D eigenvalue weighted by Crippen LogP contribution is 2.13. The summed E-state index contributed by atoms with van der Waals surface area (Å²) >= 11 is 8.74. The fourth-order valence-electron chi connectivity index (χ4n) is 0.477. The van der Waals surface area contributed by atoms with E-state index in [-0.39, 0.29) is 6.10 Å². The topological polar surface area (TPSA) is 21.6 Å². The van der Waals surface area contributed by atoms with Gasteiger partial charge in [0.15, 0.2) is 0 Å². The highest BCUT2D eigenvalue weighted by atomic mass is 79.9. The van der Waals surface area contributed by atoms with Gasteiger partial charge in [-0.1, -0.05) is 32.7 Å². The Bertz CT molecular complexity index is 117. The van der Waals surface area contributed by atoms with Crippen LogP contribution in [-0.4, -0.2) is 16.6 Å². The molecule has 0 N–H and O–H groups in total. The Morgan fingerprint density at radius 1 is 2.00 bits per heavy atom. The molecule has 4 heteroatoms. The lowest BCUT2D eigenvalue weighted by Crippen LogP contribution is -2.06. The van der Waals surface area contributed by atoms with Gasteiger partial charge < -0.3 is 4.84 Å². The fraction of sp³-hybridized carbons (Fsp3) is 0.750. The monoisotopic (exact) mass is 197 g/mol. The summed E-state index contributed by atoms with van der Waals surface area (Å²) in [5.74, 6) is 0. The van der Waals surface area contributed by atoms with Crippen LogP contribution in [0.2, 0.25) is 0 Å². The van der Waals surface area contributed by atoms with Gasteiger partial charge in [0, 0.05) is 11.8 Å². The molecule has 1 aliphatic heterocycles. The number of rotatable bonds is 1. The van der Waals surface area contributed by atoms with Crippen molar-refractivity contribution in [2.45, 2.75) is 12.5 Å². The molecule has 0 radical (unpaired) electrons. The molecular formula is C4H5BrClNO. The third-order valence-corrected chi connectivity index (χ3v) is 1.81. The van der Waals surface area contributed by atoms with Crippen molar-refractivity contribution in [3.05, 3.63) is 0 Å². The third kappa shape index (κ3) is 1.36.